The summed E-state index contributed by atoms with van der Waals surface area (Å²) in [6.07, 6.45) is 8.42. The molecule has 2 aromatic heterocycles. The van der Waals surface area contributed by atoms with Gasteiger partial charge in [-0.3, -0.25) is 14.7 Å². The molecule has 45 heavy (non-hydrogen) atoms. The van der Waals surface area contributed by atoms with Crippen LogP contribution in [0, 0.1) is 6.92 Å². The number of pyridine rings is 1. The van der Waals surface area contributed by atoms with Crippen molar-refractivity contribution in [2.24, 2.45) is 0 Å². The summed E-state index contributed by atoms with van der Waals surface area (Å²) >= 11 is 6.45. The van der Waals surface area contributed by atoms with Gasteiger partial charge in [0, 0.05) is 49.1 Å². The average Bonchev–Trinajstić information content (AvgIpc) is 3.31. The molecule has 3 aromatic rings. The molecular weight excluding hydrogens is 590 g/mol. The SMILES string of the molecule is Cc1cn(CC2(O)CCCN(C(=O)[C@H]3CN([C@@H]4c5ccc(Cl)cc5CCc5cccnc54)CCN3C(=O)NC(C)(C)C)C2)cn1. The van der Waals surface area contributed by atoms with E-state index in [2.05, 4.69) is 27.3 Å². The van der Waals surface area contributed by atoms with Crippen LogP contribution in [0.5, 0.6) is 0 Å². The third-order valence-electron chi connectivity index (χ3n) is 9.16. The molecule has 3 amide bonds. The van der Waals surface area contributed by atoms with Crippen molar-refractivity contribution >= 4 is 23.5 Å². The molecule has 0 saturated carbocycles. The molecule has 1 aliphatic carbocycles. The number of imidazole rings is 1. The van der Waals surface area contributed by atoms with Crippen LogP contribution in [0.15, 0.2) is 49.1 Å². The molecule has 4 heterocycles. The summed E-state index contributed by atoms with van der Waals surface area (Å²) in [5.74, 6) is -0.144. The Morgan fingerprint density at radius 2 is 1.91 bits per heavy atom. The first kappa shape index (κ1) is 31.5. The number of likely N-dealkylation sites (tertiary alicyclic amines) is 1. The molecule has 0 radical (unpaired) electrons. The maximum atomic E-state index is 14.5. The fraction of sp³-hybridized carbons (Fsp3) is 0.529. The topological polar surface area (TPSA) is 107 Å². The number of halogens is 1. The van der Waals surface area contributed by atoms with Gasteiger partial charge < -0.3 is 24.8 Å². The Kier molecular flexibility index (Phi) is 8.67. The van der Waals surface area contributed by atoms with E-state index in [9.17, 15) is 14.7 Å². The summed E-state index contributed by atoms with van der Waals surface area (Å²) in [5, 5.41) is 15.4. The summed E-state index contributed by atoms with van der Waals surface area (Å²) in [6, 6.07) is 9.00. The molecule has 0 spiro atoms. The Bertz CT molecular complexity index is 1570. The van der Waals surface area contributed by atoms with E-state index in [0.29, 0.717) is 50.6 Å². The second-order valence-electron chi connectivity index (χ2n) is 14.0. The predicted octanol–water partition coefficient (Wildman–Crippen LogP) is 3.98. The number of nitrogens with zero attached hydrogens (tertiary/aromatic N) is 6. The minimum atomic E-state index is -1.09. The van der Waals surface area contributed by atoms with Crippen molar-refractivity contribution in [1.82, 2.24) is 34.6 Å². The third kappa shape index (κ3) is 6.88. The number of hydrogen-bond donors (Lipinski definition) is 2. The van der Waals surface area contributed by atoms with Crippen LogP contribution in [0.3, 0.4) is 0 Å². The van der Waals surface area contributed by atoms with Crippen LogP contribution in [0.25, 0.3) is 0 Å². The largest absolute Gasteiger partial charge is 0.386 e. The number of aliphatic hydroxyl groups is 1. The van der Waals surface area contributed by atoms with E-state index in [1.807, 2.05) is 62.9 Å². The molecule has 0 bridgehead atoms. The number of piperazine rings is 1. The van der Waals surface area contributed by atoms with Crippen molar-refractivity contribution in [3.63, 3.8) is 0 Å². The van der Waals surface area contributed by atoms with Gasteiger partial charge in [0.15, 0.2) is 0 Å². The van der Waals surface area contributed by atoms with Gasteiger partial charge in [-0.25, -0.2) is 9.78 Å². The molecule has 2 aliphatic heterocycles. The fourth-order valence-electron chi connectivity index (χ4n) is 7.18. The highest BCUT2D eigenvalue weighted by Gasteiger charge is 2.44. The van der Waals surface area contributed by atoms with E-state index in [1.165, 1.54) is 11.1 Å². The molecule has 3 aliphatic rings. The highest BCUT2D eigenvalue weighted by molar-refractivity contribution is 6.30. The van der Waals surface area contributed by atoms with E-state index in [1.54, 1.807) is 16.1 Å². The summed E-state index contributed by atoms with van der Waals surface area (Å²) in [6.45, 7) is 10.1. The number of aromatic nitrogens is 3. The lowest BCUT2D eigenvalue weighted by Crippen LogP contribution is -2.66. The van der Waals surface area contributed by atoms with Crippen LogP contribution in [-0.4, -0.2) is 96.2 Å². The van der Waals surface area contributed by atoms with E-state index >= 15 is 0 Å². The van der Waals surface area contributed by atoms with Gasteiger partial charge in [0.1, 0.15) is 11.6 Å². The van der Waals surface area contributed by atoms with Crippen LogP contribution < -0.4 is 5.32 Å². The number of β-amino-alcohol motifs (C(OH)–C–C–N with tert-alkyl or cyclic N) is 1. The fourth-order valence-corrected chi connectivity index (χ4v) is 7.37. The molecule has 240 valence electrons. The number of rotatable bonds is 4. The quantitative estimate of drug-likeness (QED) is 0.450. The molecule has 3 atom stereocenters. The Morgan fingerprint density at radius 3 is 2.67 bits per heavy atom. The molecule has 2 saturated heterocycles. The lowest BCUT2D eigenvalue weighted by atomic mass is 9.91. The molecule has 10 nitrogen and oxygen atoms in total. The van der Waals surface area contributed by atoms with Crippen molar-refractivity contribution < 1.29 is 14.7 Å². The number of urea groups is 1. The number of carbonyl (C=O) groups is 2. The number of benzene rings is 1. The molecule has 1 unspecified atom stereocenters. The van der Waals surface area contributed by atoms with Crippen molar-refractivity contribution in [3.05, 3.63) is 82.2 Å². The molecule has 6 rings (SSSR count). The summed E-state index contributed by atoms with van der Waals surface area (Å²) in [7, 11) is 0. The third-order valence-corrected chi connectivity index (χ3v) is 9.39. The molecule has 1 aromatic carbocycles. The standard InChI is InChI=1S/C34H44ClN7O3/c1-23-18-39(22-37-23)20-34(45)12-6-14-41(21-34)31(43)28-19-40(15-16-42(28)32(44)38-33(2,3)4)30-27-11-10-26(35)17-25(27)9-8-24-7-5-13-36-29(24)30/h5,7,10-11,13,17-18,22,28,30,45H,6,8-9,12,14-16,19-21H2,1-4H3,(H,38,44)/t28-,30-,34?/m1/s1. The highest BCUT2D eigenvalue weighted by atomic mass is 35.5. The number of piperidine rings is 1. The van der Waals surface area contributed by atoms with Crippen LogP contribution in [-0.2, 0) is 24.2 Å². The number of nitrogens with one attached hydrogen (secondary N) is 1. The number of carbonyl (C=O) groups excluding carboxylic acids is 2. The maximum absolute atomic E-state index is 14.5. The smallest absolute Gasteiger partial charge is 0.318 e. The number of fused-ring (bicyclic) bond motifs is 2. The zero-order valence-electron chi connectivity index (χ0n) is 26.7. The van der Waals surface area contributed by atoms with Gasteiger partial charge in [-0.05, 0) is 88.3 Å². The van der Waals surface area contributed by atoms with E-state index < -0.39 is 17.2 Å². The minimum absolute atomic E-state index is 0.144. The lowest BCUT2D eigenvalue weighted by Gasteiger charge is -2.47. The highest BCUT2D eigenvalue weighted by Crippen LogP contribution is 2.38. The Balaban J connectivity index is 1.32. The van der Waals surface area contributed by atoms with Gasteiger partial charge >= 0.3 is 6.03 Å². The molecular formula is C34H44ClN7O3. The first-order valence-corrected chi connectivity index (χ1v) is 16.3. The van der Waals surface area contributed by atoms with Crippen LogP contribution in [0.1, 0.15) is 67.7 Å². The monoisotopic (exact) mass is 633 g/mol. The van der Waals surface area contributed by atoms with Crippen molar-refractivity contribution in [1.29, 1.82) is 0 Å². The van der Waals surface area contributed by atoms with Crippen LogP contribution >= 0.6 is 11.6 Å². The van der Waals surface area contributed by atoms with Crippen molar-refractivity contribution in [2.75, 3.05) is 32.7 Å². The van der Waals surface area contributed by atoms with Gasteiger partial charge in [0.2, 0.25) is 5.91 Å². The van der Waals surface area contributed by atoms with Crippen LogP contribution in [0.4, 0.5) is 4.79 Å². The summed E-state index contributed by atoms with van der Waals surface area (Å²) in [4.78, 5) is 43.1. The van der Waals surface area contributed by atoms with Gasteiger partial charge in [0.25, 0.3) is 0 Å². The Hall–Kier alpha value is -3.47. The van der Waals surface area contributed by atoms with Gasteiger partial charge in [-0.2, -0.15) is 0 Å². The molecule has 2 N–H and O–H groups in total. The zero-order chi connectivity index (χ0) is 31.9. The van der Waals surface area contributed by atoms with Crippen molar-refractivity contribution in [3.8, 4) is 0 Å². The van der Waals surface area contributed by atoms with E-state index in [4.69, 9.17) is 16.6 Å². The Morgan fingerprint density at radius 1 is 1.11 bits per heavy atom. The van der Waals surface area contributed by atoms with Gasteiger partial charge in [-0.15, -0.1) is 0 Å². The zero-order valence-corrected chi connectivity index (χ0v) is 27.4. The predicted molar refractivity (Wildman–Crippen MR) is 173 cm³/mol. The first-order valence-electron chi connectivity index (χ1n) is 15.9. The number of amides is 3. The number of aryl methyl sites for hydroxylation is 3. The number of hydrogen-bond acceptors (Lipinski definition) is 6. The molecule has 2 fully saturated rings. The minimum Gasteiger partial charge on any atom is -0.386 e. The second-order valence-corrected chi connectivity index (χ2v) is 14.4. The van der Waals surface area contributed by atoms with Crippen LogP contribution in [0.2, 0.25) is 5.02 Å². The Labute approximate surface area is 270 Å². The lowest BCUT2D eigenvalue weighted by molar-refractivity contribution is -0.146. The van der Waals surface area contributed by atoms with Crippen molar-refractivity contribution in [2.45, 2.75) is 83.1 Å². The summed E-state index contributed by atoms with van der Waals surface area (Å²) in [5.41, 5.74) is 3.82. The normalized spacial score (nSPS) is 24.0. The van der Waals surface area contributed by atoms with E-state index in [0.717, 1.165) is 29.8 Å². The first-order chi connectivity index (χ1) is 21.4. The average molecular weight is 634 g/mol. The van der Waals surface area contributed by atoms with E-state index in [-0.39, 0.29) is 24.5 Å². The van der Waals surface area contributed by atoms with Gasteiger partial charge in [-0.1, -0.05) is 23.7 Å². The molecule has 11 heteroatoms. The summed E-state index contributed by atoms with van der Waals surface area (Å²) < 4.78 is 1.88. The van der Waals surface area contributed by atoms with Gasteiger partial charge in [0.05, 0.1) is 36.8 Å². The maximum Gasteiger partial charge on any atom is 0.318 e. The second kappa shape index (κ2) is 12.4.